The maximum absolute atomic E-state index is 12.6. The van der Waals surface area contributed by atoms with E-state index in [0.717, 1.165) is 16.9 Å². The predicted molar refractivity (Wildman–Crippen MR) is 112 cm³/mol. The van der Waals surface area contributed by atoms with Gasteiger partial charge in [-0.05, 0) is 49.2 Å². The molecule has 0 bridgehead atoms. The highest BCUT2D eigenvalue weighted by molar-refractivity contribution is 8.00. The van der Waals surface area contributed by atoms with Gasteiger partial charge in [-0.3, -0.25) is 4.79 Å². The quantitative estimate of drug-likeness (QED) is 0.556. The first kappa shape index (κ1) is 20.7. The van der Waals surface area contributed by atoms with Gasteiger partial charge in [-0.2, -0.15) is 0 Å². The lowest BCUT2D eigenvalue weighted by Gasteiger charge is -2.13. The molecule has 0 unspecified atom stereocenters. The number of methoxy groups -OCH3 is 2. The number of thioether (sulfide) groups is 1. The fraction of sp³-hybridized carbons (Fsp3) is 0.286. The number of carbonyl (C=O) groups excluding carboxylic acids is 1. The molecule has 0 saturated heterocycles. The third kappa shape index (κ3) is 5.51. The van der Waals surface area contributed by atoms with Gasteiger partial charge in [-0.25, -0.2) is 0 Å². The van der Waals surface area contributed by atoms with Gasteiger partial charge in [0.25, 0.3) is 5.22 Å². The molecule has 7 nitrogen and oxygen atoms in total. The molecule has 0 saturated carbocycles. The molecule has 3 rings (SSSR count). The highest BCUT2D eigenvalue weighted by Crippen LogP contribution is 2.28. The van der Waals surface area contributed by atoms with Gasteiger partial charge in [-0.15, -0.1) is 10.2 Å². The van der Waals surface area contributed by atoms with Gasteiger partial charge in [0, 0.05) is 0 Å². The summed E-state index contributed by atoms with van der Waals surface area (Å²) in [4.78, 5) is 12.6. The number of nitrogens with zero attached hydrogens (tertiary/aromatic N) is 2. The van der Waals surface area contributed by atoms with Gasteiger partial charge < -0.3 is 19.2 Å². The summed E-state index contributed by atoms with van der Waals surface area (Å²) in [5.74, 6) is 1.72. The summed E-state index contributed by atoms with van der Waals surface area (Å²) in [6, 6.07) is 13.3. The highest BCUT2D eigenvalue weighted by atomic mass is 32.2. The van der Waals surface area contributed by atoms with Crippen LogP contribution in [0.15, 0.2) is 52.1 Å². The number of hydrogen-bond acceptors (Lipinski definition) is 7. The van der Waals surface area contributed by atoms with Crippen molar-refractivity contribution in [2.45, 2.75) is 30.7 Å². The fourth-order valence-corrected chi connectivity index (χ4v) is 3.33. The van der Waals surface area contributed by atoms with Gasteiger partial charge in [-0.1, -0.05) is 30.0 Å². The van der Waals surface area contributed by atoms with Crippen LogP contribution in [0.1, 0.15) is 23.9 Å². The second kappa shape index (κ2) is 9.47. The van der Waals surface area contributed by atoms with Crippen LogP contribution in [-0.4, -0.2) is 35.6 Å². The van der Waals surface area contributed by atoms with Gasteiger partial charge in [0.05, 0.1) is 31.6 Å². The minimum Gasteiger partial charge on any atom is -0.497 e. The zero-order valence-electron chi connectivity index (χ0n) is 16.8. The molecular weight excluding hydrogens is 390 g/mol. The molecule has 1 heterocycles. The average Bonchev–Trinajstić information content (AvgIpc) is 3.15. The van der Waals surface area contributed by atoms with Gasteiger partial charge in [0.2, 0.25) is 11.8 Å². The fourth-order valence-electron chi connectivity index (χ4n) is 2.63. The standard InChI is InChI=1S/C21H23N3O4S/c1-13-5-10-18(27-4)17(11-13)22-20(25)14(2)29-21-24-23-19(28-21)12-15-6-8-16(26-3)9-7-15/h5-11,14H,12H2,1-4H3,(H,22,25)/t14-/m0/s1. The molecule has 0 fully saturated rings. The Kier molecular flexibility index (Phi) is 6.77. The van der Waals surface area contributed by atoms with E-state index in [4.69, 9.17) is 13.9 Å². The molecule has 1 atom stereocenters. The highest BCUT2D eigenvalue weighted by Gasteiger charge is 2.20. The molecule has 1 aromatic heterocycles. The van der Waals surface area contributed by atoms with Crippen LogP contribution < -0.4 is 14.8 Å². The minimum atomic E-state index is -0.422. The van der Waals surface area contributed by atoms with Crippen LogP contribution in [0.4, 0.5) is 5.69 Å². The van der Waals surface area contributed by atoms with Crippen LogP contribution in [-0.2, 0) is 11.2 Å². The molecular formula is C21H23N3O4S. The van der Waals surface area contributed by atoms with E-state index in [1.165, 1.54) is 11.8 Å². The van der Waals surface area contributed by atoms with Gasteiger partial charge in [0.1, 0.15) is 11.5 Å². The first-order chi connectivity index (χ1) is 14.0. The smallest absolute Gasteiger partial charge is 0.277 e. The maximum atomic E-state index is 12.6. The molecule has 1 N–H and O–H groups in total. The Morgan fingerprint density at radius 2 is 1.90 bits per heavy atom. The summed E-state index contributed by atoms with van der Waals surface area (Å²) in [6.07, 6.45) is 0.513. The van der Waals surface area contributed by atoms with Crippen molar-refractivity contribution >= 4 is 23.4 Å². The van der Waals surface area contributed by atoms with E-state index in [1.54, 1.807) is 21.1 Å². The first-order valence-corrected chi connectivity index (χ1v) is 9.94. The van der Waals surface area contributed by atoms with E-state index in [0.29, 0.717) is 29.0 Å². The van der Waals surface area contributed by atoms with Crippen LogP contribution in [0, 0.1) is 6.92 Å². The number of aryl methyl sites for hydroxylation is 1. The monoisotopic (exact) mass is 413 g/mol. The topological polar surface area (TPSA) is 86.5 Å². The minimum absolute atomic E-state index is 0.172. The van der Waals surface area contributed by atoms with Crippen molar-refractivity contribution in [2.75, 3.05) is 19.5 Å². The zero-order valence-corrected chi connectivity index (χ0v) is 17.6. The molecule has 3 aromatic rings. The zero-order chi connectivity index (χ0) is 20.8. The van der Waals surface area contributed by atoms with Crippen molar-refractivity contribution in [3.63, 3.8) is 0 Å². The Labute approximate surface area is 173 Å². The Morgan fingerprint density at radius 3 is 2.59 bits per heavy atom. The molecule has 8 heteroatoms. The normalized spacial score (nSPS) is 11.7. The van der Waals surface area contributed by atoms with Crippen LogP contribution >= 0.6 is 11.8 Å². The van der Waals surface area contributed by atoms with Gasteiger partial charge in [0.15, 0.2) is 0 Å². The molecule has 152 valence electrons. The Balaban J connectivity index is 1.60. The molecule has 1 amide bonds. The SMILES string of the molecule is COc1ccc(Cc2nnc(S[C@@H](C)C(=O)Nc3cc(C)ccc3OC)o2)cc1. The van der Waals surface area contributed by atoms with Gasteiger partial charge >= 0.3 is 0 Å². The summed E-state index contributed by atoms with van der Waals surface area (Å²) in [5, 5.41) is 10.9. The first-order valence-electron chi connectivity index (χ1n) is 9.06. The van der Waals surface area contributed by atoms with Crippen molar-refractivity contribution in [1.29, 1.82) is 0 Å². The molecule has 29 heavy (non-hydrogen) atoms. The number of hydrogen-bond donors (Lipinski definition) is 1. The van der Waals surface area contributed by atoms with E-state index in [2.05, 4.69) is 15.5 Å². The molecule has 0 spiro atoms. The van der Waals surface area contributed by atoms with Crippen LogP contribution in [0.5, 0.6) is 11.5 Å². The lowest BCUT2D eigenvalue weighted by Crippen LogP contribution is -2.22. The summed E-state index contributed by atoms with van der Waals surface area (Å²) < 4.78 is 16.1. The van der Waals surface area contributed by atoms with E-state index >= 15 is 0 Å². The van der Waals surface area contributed by atoms with Crippen molar-refractivity contribution < 1.29 is 18.7 Å². The summed E-state index contributed by atoms with van der Waals surface area (Å²) in [7, 11) is 3.20. The number of aromatic nitrogens is 2. The molecule has 0 aliphatic heterocycles. The molecule has 0 aliphatic carbocycles. The van der Waals surface area contributed by atoms with E-state index < -0.39 is 5.25 Å². The van der Waals surface area contributed by atoms with E-state index in [-0.39, 0.29) is 5.91 Å². The summed E-state index contributed by atoms with van der Waals surface area (Å²) in [5.41, 5.74) is 2.69. The number of rotatable bonds is 8. The Morgan fingerprint density at radius 1 is 1.14 bits per heavy atom. The van der Waals surface area contributed by atoms with Crippen LogP contribution in [0.25, 0.3) is 0 Å². The van der Waals surface area contributed by atoms with E-state index in [1.807, 2.05) is 49.4 Å². The number of anilines is 1. The lowest BCUT2D eigenvalue weighted by atomic mass is 10.1. The van der Waals surface area contributed by atoms with Crippen LogP contribution in [0.3, 0.4) is 0 Å². The molecule has 2 aromatic carbocycles. The Bertz CT molecular complexity index is 972. The number of carbonyl (C=O) groups is 1. The number of benzene rings is 2. The van der Waals surface area contributed by atoms with Crippen LogP contribution in [0.2, 0.25) is 0 Å². The summed E-state index contributed by atoms with van der Waals surface area (Å²) in [6.45, 7) is 3.74. The van der Waals surface area contributed by atoms with Crippen molar-refractivity contribution in [3.8, 4) is 11.5 Å². The number of nitrogens with one attached hydrogen (secondary N) is 1. The Hall–Kier alpha value is -3.00. The second-order valence-corrected chi connectivity index (χ2v) is 7.73. The summed E-state index contributed by atoms with van der Waals surface area (Å²) >= 11 is 1.21. The predicted octanol–water partition coefficient (Wildman–Crippen LogP) is 4.11. The lowest BCUT2D eigenvalue weighted by molar-refractivity contribution is -0.115. The largest absolute Gasteiger partial charge is 0.497 e. The molecule has 0 radical (unpaired) electrons. The number of ether oxygens (including phenoxy) is 2. The number of amides is 1. The van der Waals surface area contributed by atoms with E-state index in [9.17, 15) is 4.79 Å². The second-order valence-electron chi connectivity index (χ2n) is 6.44. The van der Waals surface area contributed by atoms with Crippen molar-refractivity contribution in [1.82, 2.24) is 10.2 Å². The third-order valence-electron chi connectivity index (χ3n) is 4.22. The van der Waals surface area contributed by atoms with Crippen molar-refractivity contribution in [2.24, 2.45) is 0 Å². The molecule has 0 aliphatic rings. The van der Waals surface area contributed by atoms with Crippen molar-refractivity contribution in [3.05, 3.63) is 59.5 Å². The average molecular weight is 413 g/mol. The maximum Gasteiger partial charge on any atom is 0.277 e. The third-order valence-corrected chi connectivity index (χ3v) is 5.16.